The summed E-state index contributed by atoms with van der Waals surface area (Å²) >= 11 is 0. The molecule has 1 aliphatic heterocycles. The van der Waals surface area contributed by atoms with E-state index in [1.807, 2.05) is 36.2 Å². The molecule has 0 bridgehead atoms. The summed E-state index contributed by atoms with van der Waals surface area (Å²) < 4.78 is 5.09. The van der Waals surface area contributed by atoms with Crippen LogP contribution in [0.15, 0.2) is 24.3 Å². The van der Waals surface area contributed by atoms with Gasteiger partial charge in [0.05, 0.1) is 6.61 Å². The second kappa shape index (κ2) is 9.82. The van der Waals surface area contributed by atoms with E-state index < -0.39 is 0 Å². The summed E-state index contributed by atoms with van der Waals surface area (Å²) in [5.74, 6) is 0.914. The lowest BCUT2D eigenvalue weighted by molar-refractivity contribution is 0.0687. The summed E-state index contributed by atoms with van der Waals surface area (Å²) in [4.78, 5) is 14.5. The molecule has 2 rings (SSSR count). The maximum atomic E-state index is 12.5. The Balaban J connectivity index is 0.00000242. The van der Waals surface area contributed by atoms with E-state index >= 15 is 0 Å². The average Bonchev–Trinajstić information content (AvgIpc) is 2.54. The minimum atomic E-state index is 0. The van der Waals surface area contributed by atoms with Gasteiger partial charge in [-0.2, -0.15) is 0 Å². The van der Waals surface area contributed by atoms with Crippen LogP contribution in [0.25, 0.3) is 0 Å². The highest BCUT2D eigenvalue weighted by Crippen LogP contribution is 2.21. The van der Waals surface area contributed by atoms with Gasteiger partial charge < -0.3 is 15.0 Å². The van der Waals surface area contributed by atoms with Crippen LogP contribution in [0.3, 0.4) is 0 Å². The maximum Gasteiger partial charge on any atom is 0.253 e. The predicted octanol–water partition coefficient (Wildman–Crippen LogP) is 2.72. The molecule has 0 unspecified atom stereocenters. The normalized spacial score (nSPS) is 15.5. The molecule has 0 saturated carbocycles. The number of nitrogens with zero attached hydrogens (tertiary/aromatic N) is 1. The van der Waals surface area contributed by atoms with Crippen LogP contribution in [-0.2, 0) is 11.3 Å². The minimum absolute atomic E-state index is 0. The summed E-state index contributed by atoms with van der Waals surface area (Å²) in [5, 5.41) is 3.20. The first-order valence-electron chi connectivity index (χ1n) is 7.76. The lowest BCUT2D eigenvalue weighted by Crippen LogP contribution is -2.38. The van der Waals surface area contributed by atoms with Gasteiger partial charge >= 0.3 is 0 Å². The summed E-state index contributed by atoms with van der Waals surface area (Å²) in [6.45, 7) is 3.42. The number of benzene rings is 1. The van der Waals surface area contributed by atoms with E-state index in [2.05, 4.69) is 5.32 Å². The number of carbonyl (C=O) groups excluding carboxylic acids is 1. The van der Waals surface area contributed by atoms with Crippen molar-refractivity contribution in [3.63, 3.8) is 0 Å². The molecule has 0 aliphatic carbocycles. The van der Waals surface area contributed by atoms with Gasteiger partial charge in [-0.05, 0) is 56.5 Å². The van der Waals surface area contributed by atoms with Gasteiger partial charge in [0.2, 0.25) is 0 Å². The summed E-state index contributed by atoms with van der Waals surface area (Å²) in [6.07, 6.45) is 3.45. The number of rotatable bonds is 6. The zero-order valence-corrected chi connectivity index (χ0v) is 14.3. The Kier molecular flexibility index (Phi) is 8.46. The zero-order valence-electron chi connectivity index (χ0n) is 13.5. The highest BCUT2D eigenvalue weighted by atomic mass is 35.5. The quantitative estimate of drug-likeness (QED) is 0.874. The third kappa shape index (κ3) is 5.27. The number of hydrogen-bond donors (Lipinski definition) is 1. The summed E-state index contributed by atoms with van der Waals surface area (Å²) in [5.41, 5.74) is 1.88. The van der Waals surface area contributed by atoms with Crippen LogP contribution in [0.1, 0.15) is 35.2 Å². The Hall–Kier alpha value is -1.10. The third-order valence-electron chi connectivity index (χ3n) is 4.22. The molecule has 0 radical (unpaired) electrons. The fourth-order valence-electron chi connectivity index (χ4n) is 2.87. The third-order valence-corrected chi connectivity index (χ3v) is 4.22. The second-order valence-corrected chi connectivity index (χ2v) is 5.76. The molecule has 124 valence electrons. The number of carbonyl (C=O) groups is 1. The zero-order chi connectivity index (χ0) is 15.1. The minimum Gasteiger partial charge on any atom is -0.380 e. The van der Waals surface area contributed by atoms with Gasteiger partial charge in [0.1, 0.15) is 0 Å². The monoisotopic (exact) mass is 326 g/mol. The van der Waals surface area contributed by atoms with Crippen LogP contribution in [-0.4, -0.2) is 44.6 Å². The Bertz CT molecular complexity index is 442. The number of amides is 1. The summed E-state index contributed by atoms with van der Waals surface area (Å²) in [6, 6.07) is 7.75. The molecule has 1 heterocycles. The van der Waals surface area contributed by atoms with E-state index in [1.165, 1.54) is 6.42 Å². The Morgan fingerprint density at radius 3 is 2.45 bits per heavy atom. The van der Waals surface area contributed by atoms with Gasteiger partial charge in [-0.25, -0.2) is 0 Å². The van der Waals surface area contributed by atoms with E-state index in [0.29, 0.717) is 6.61 Å². The van der Waals surface area contributed by atoms with E-state index in [-0.39, 0.29) is 18.3 Å². The molecular formula is C17H27ClN2O2. The lowest BCUT2D eigenvalue weighted by Gasteiger charge is -2.32. The van der Waals surface area contributed by atoms with Gasteiger partial charge in [0, 0.05) is 25.8 Å². The Morgan fingerprint density at radius 2 is 1.91 bits per heavy atom. The molecule has 1 amide bonds. The number of halogens is 1. The van der Waals surface area contributed by atoms with Gasteiger partial charge in [-0.1, -0.05) is 12.1 Å². The molecule has 1 saturated heterocycles. The molecule has 1 fully saturated rings. The number of piperidine rings is 1. The van der Waals surface area contributed by atoms with E-state index in [9.17, 15) is 4.79 Å². The fraction of sp³-hybridized carbons (Fsp3) is 0.588. The second-order valence-electron chi connectivity index (χ2n) is 5.76. The lowest BCUT2D eigenvalue weighted by atomic mass is 9.93. The molecule has 1 aromatic carbocycles. The number of ether oxygens (including phenoxy) is 1. The molecule has 22 heavy (non-hydrogen) atoms. The van der Waals surface area contributed by atoms with Crippen LogP contribution < -0.4 is 5.32 Å². The molecule has 1 aromatic rings. The highest BCUT2D eigenvalue weighted by Gasteiger charge is 2.23. The van der Waals surface area contributed by atoms with Crippen LogP contribution in [0, 0.1) is 5.92 Å². The van der Waals surface area contributed by atoms with Crippen LogP contribution in [0.4, 0.5) is 0 Å². The van der Waals surface area contributed by atoms with Gasteiger partial charge in [0.15, 0.2) is 0 Å². The maximum absolute atomic E-state index is 12.5. The standard InChI is InChI=1S/C17H26N2O2.ClH/c1-18-10-7-14-8-11-19(12-9-14)17(20)16-5-3-15(4-6-16)13-21-2;/h3-6,14,18H,7-13H2,1-2H3;1H. The van der Waals surface area contributed by atoms with Crippen LogP contribution in [0.2, 0.25) is 0 Å². The Labute approximate surface area is 139 Å². The predicted molar refractivity (Wildman–Crippen MR) is 91.6 cm³/mol. The molecule has 1 aliphatic rings. The number of hydrogen-bond acceptors (Lipinski definition) is 3. The summed E-state index contributed by atoms with van der Waals surface area (Å²) in [7, 11) is 3.67. The Morgan fingerprint density at radius 1 is 1.27 bits per heavy atom. The van der Waals surface area contributed by atoms with Crippen LogP contribution >= 0.6 is 12.4 Å². The number of nitrogens with one attached hydrogen (secondary N) is 1. The first-order chi connectivity index (χ1) is 10.2. The largest absolute Gasteiger partial charge is 0.380 e. The fourth-order valence-corrected chi connectivity index (χ4v) is 2.87. The topological polar surface area (TPSA) is 41.6 Å². The smallest absolute Gasteiger partial charge is 0.253 e. The first-order valence-corrected chi connectivity index (χ1v) is 7.76. The van der Waals surface area contributed by atoms with Crippen molar-refractivity contribution in [2.75, 3.05) is 33.8 Å². The van der Waals surface area contributed by atoms with Gasteiger partial charge in [-0.3, -0.25) is 4.79 Å². The molecule has 1 N–H and O–H groups in total. The van der Waals surface area contributed by atoms with Crippen molar-refractivity contribution in [3.05, 3.63) is 35.4 Å². The van der Waals surface area contributed by atoms with Crippen LogP contribution in [0.5, 0.6) is 0 Å². The number of likely N-dealkylation sites (tertiary alicyclic amines) is 1. The van der Waals surface area contributed by atoms with Crippen molar-refractivity contribution < 1.29 is 9.53 Å². The van der Waals surface area contributed by atoms with E-state index in [1.54, 1.807) is 7.11 Å². The molecule has 5 heteroatoms. The van der Waals surface area contributed by atoms with Crippen molar-refractivity contribution in [1.82, 2.24) is 10.2 Å². The van der Waals surface area contributed by atoms with Crippen molar-refractivity contribution in [3.8, 4) is 0 Å². The van der Waals surface area contributed by atoms with Crippen molar-refractivity contribution >= 4 is 18.3 Å². The molecule has 0 atom stereocenters. The van der Waals surface area contributed by atoms with E-state index in [4.69, 9.17) is 4.74 Å². The molecule has 0 aromatic heterocycles. The SMILES string of the molecule is CNCCC1CCN(C(=O)c2ccc(COC)cc2)CC1.Cl. The molecular weight excluding hydrogens is 300 g/mol. The van der Waals surface area contributed by atoms with Crippen molar-refractivity contribution in [2.45, 2.75) is 25.9 Å². The first kappa shape index (κ1) is 18.9. The highest BCUT2D eigenvalue weighted by molar-refractivity contribution is 5.94. The van der Waals surface area contributed by atoms with Crippen molar-refractivity contribution in [1.29, 1.82) is 0 Å². The van der Waals surface area contributed by atoms with Gasteiger partial charge in [0.25, 0.3) is 5.91 Å². The van der Waals surface area contributed by atoms with Crippen molar-refractivity contribution in [2.24, 2.45) is 5.92 Å². The molecule has 4 nitrogen and oxygen atoms in total. The molecule has 0 spiro atoms. The van der Waals surface area contributed by atoms with E-state index in [0.717, 1.165) is 49.5 Å². The average molecular weight is 327 g/mol. The number of methoxy groups -OCH3 is 1. The van der Waals surface area contributed by atoms with Gasteiger partial charge in [-0.15, -0.1) is 12.4 Å².